The van der Waals surface area contributed by atoms with Gasteiger partial charge in [0.2, 0.25) is 0 Å². The van der Waals surface area contributed by atoms with Gasteiger partial charge < -0.3 is 9.47 Å². The zero-order valence-corrected chi connectivity index (χ0v) is 12.0. The van der Waals surface area contributed by atoms with Crippen LogP contribution in [-0.2, 0) is 14.3 Å². The number of ether oxygens (including phenoxy) is 2. The predicted octanol–water partition coefficient (Wildman–Crippen LogP) is 0.103. The van der Waals surface area contributed by atoms with Gasteiger partial charge >= 0.3 is 0 Å². The van der Waals surface area contributed by atoms with Crippen LogP contribution in [0.4, 0.5) is 0 Å². The molecule has 3 atom stereocenters. The topological polar surface area (TPSA) is 39.7 Å². The van der Waals surface area contributed by atoms with Crippen LogP contribution in [-0.4, -0.2) is 32.0 Å². The quantitative estimate of drug-likeness (QED) is 0.530. The Kier molecular flexibility index (Phi) is 4.24. The van der Waals surface area contributed by atoms with Gasteiger partial charge in [0.25, 0.3) is 0 Å². The van der Waals surface area contributed by atoms with Crippen LogP contribution in [0.3, 0.4) is 0 Å². The minimum absolute atomic E-state index is 0. The van der Waals surface area contributed by atoms with Crippen molar-refractivity contribution in [2.75, 3.05) is 20.3 Å². The van der Waals surface area contributed by atoms with Gasteiger partial charge in [-0.3, -0.25) is 4.84 Å². The molecule has 13 heavy (non-hydrogen) atoms. The van der Waals surface area contributed by atoms with Crippen molar-refractivity contribution in [2.24, 2.45) is 5.92 Å². The Morgan fingerprint density at radius 1 is 1.69 bits per heavy atom. The van der Waals surface area contributed by atoms with E-state index in [1.807, 2.05) is 0 Å². The van der Waals surface area contributed by atoms with Crippen LogP contribution in [0.2, 0.25) is 0 Å². The summed E-state index contributed by atoms with van der Waals surface area (Å²) in [5, 5.41) is 0. The first-order chi connectivity index (χ1) is 5.78. The summed E-state index contributed by atoms with van der Waals surface area (Å²) in [5.74, 6) is 0.394. The first-order valence-corrected chi connectivity index (χ1v) is 4.20. The number of hydrogen-bond donors (Lipinski definition) is 1. The van der Waals surface area contributed by atoms with Crippen molar-refractivity contribution in [3.8, 4) is 0 Å². The zero-order chi connectivity index (χ0) is 8.60. The second kappa shape index (κ2) is 4.61. The van der Waals surface area contributed by atoms with E-state index < -0.39 is 0 Å². The third-order valence-electron chi connectivity index (χ3n) is 2.74. The van der Waals surface area contributed by atoms with E-state index in [1.54, 1.807) is 13.7 Å². The second-order valence-electron chi connectivity index (χ2n) is 3.38. The fourth-order valence-electron chi connectivity index (χ4n) is 1.71. The number of hydrogen-bond acceptors (Lipinski definition) is 4. The van der Waals surface area contributed by atoms with Gasteiger partial charge in [-0.15, -0.1) is 0 Å². The molecule has 0 radical (unpaired) electrons. The molecule has 5 heteroatoms. The van der Waals surface area contributed by atoms with E-state index in [2.05, 4.69) is 12.4 Å². The Balaban J connectivity index is 0.000000845. The van der Waals surface area contributed by atoms with E-state index in [-0.39, 0.29) is 42.8 Å². The molecule has 1 N–H and O–H groups in total. The average molecular weight is 410 g/mol. The van der Waals surface area contributed by atoms with Crippen LogP contribution < -0.4 is 5.48 Å². The molecule has 0 unspecified atom stereocenters. The minimum Gasteiger partial charge on any atom is -0.541 e. The predicted molar refractivity (Wildman–Crippen MR) is 42.0 cm³/mol. The van der Waals surface area contributed by atoms with Gasteiger partial charge in [0, 0.05) is 38.2 Å². The minimum atomic E-state index is -0.242. The van der Waals surface area contributed by atoms with E-state index in [4.69, 9.17) is 14.3 Å². The summed E-state index contributed by atoms with van der Waals surface area (Å²) < 4.78 is 11.0. The molecule has 2 rings (SSSR count). The molecule has 0 aliphatic carbocycles. The summed E-state index contributed by atoms with van der Waals surface area (Å²) in [6.45, 7) is 5.07. The molecular weight excluding hydrogens is 396 g/mol. The summed E-state index contributed by atoms with van der Waals surface area (Å²) in [6.07, 6.45) is 0.158. The van der Waals surface area contributed by atoms with Crippen LogP contribution in [0.5, 0.6) is 0 Å². The normalized spacial score (nSPS) is 42.0. The number of fused-ring (bicyclic) bond motifs is 2. The van der Waals surface area contributed by atoms with Crippen molar-refractivity contribution in [1.29, 1.82) is 0 Å². The molecule has 0 saturated carbocycles. The maximum atomic E-state index is 5.54. The van der Waals surface area contributed by atoms with Crippen LogP contribution in [0, 0.1) is 43.6 Å². The fourth-order valence-corrected chi connectivity index (χ4v) is 1.71. The summed E-state index contributed by atoms with van der Waals surface area (Å²) in [5.41, 5.74) is 2.40. The van der Waals surface area contributed by atoms with E-state index in [0.29, 0.717) is 19.1 Å². The molecule has 0 spiro atoms. The van der Waals surface area contributed by atoms with Crippen LogP contribution in [0.25, 0.3) is 0 Å². The smallest absolute Gasteiger partial charge is 0.0969 e. The van der Waals surface area contributed by atoms with E-state index in [0.717, 1.165) is 0 Å². The first kappa shape index (κ1) is 12.0. The SMILES string of the molecule is CNOC[C@@]12CO[C@@H]([CH-]O1)[C@@H]2C.[U]. The van der Waals surface area contributed by atoms with E-state index in [9.17, 15) is 0 Å². The molecule has 2 heterocycles. The van der Waals surface area contributed by atoms with Crippen molar-refractivity contribution in [3.05, 3.63) is 6.61 Å². The van der Waals surface area contributed by atoms with Crippen LogP contribution in [0.15, 0.2) is 0 Å². The van der Waals surface area contributed by atoms with Gasteiger partial charge in [0.05, 0.1) is 18.8 Å². The Bertz CT molecular complexity index is 171. The Hall–Kier alpha value is 0.892. The first-order valence-electron chi connectivity index (χ1n) is 4.20. The largest absolute Gasteiger partial charge is 0.541 e. The van der Waals surface area contributed by atoms with E-state index >= 15 is 0 Å². The summed E-state index contributed by atoms with van der Waals surface area (Å²) >= 11 is 0. The molecule has 2 aliphatic rings. The van der Waals surface area contributed by atoms with Crippen molar-refractivity contribution in [3.63, 3.8) is 0 Å². The van der Waals surface area contributed by atoms with Crippen molar-refractivity contribution in [1.82, 2.24) is 5.48 Å². The molecule has 2 bridgehead atoms. The van der Waals surface area contributed by atoms with Gasteiger partial charge in [0.1, 0.15) is 0 Å². The number of hydroxylamine groups is 1. The van der Waals surface area contributed by atoms with Crippen molar-refractivity contribution in [2.45, 2.75) is 18.6 Å². The molecule has 4 nitrogen and oxygen atoms in total. The van der Waals surface area contributed by atoms with Crippen LogP contribution >= 0.6 is 0 Å². The summed E-state index contributed by atoms with van der Waals surface area (Å²) in [4.78, 5) is 5.13. The molecule has 0 aromatic rings. The average Bonchev–Trinajstić information content (AvgIpc) is 2.57. The molecule has 74 valence electrons. The third-order valence-corrected chi connectivity index (χ3v) is 2.74. The zero-order valence-electron chi connectivity index (χ0n) is 7.87. The standard InChI is InChI=1S/C8H14NO3.U/c1-6-7-3-11-8(6,4-10-7)5-12-9-2;/h3,6-7,9H,4-5H2,1-2H3;/q-1;/t6-,7-,8+;/m0./s1. The molecule has 2 fully saturated rings. The molecule has 2 aliphatic heterocycles. The third kappa shape index (κ3) is 1.97. The van der Waals surface area contributed by atoms with Gasteiger partial charge in [-0.1, -0.05) is 6.92 Å². The molecule has 0 amide bonds. The Morgan fingerprint density at radius 2 is 2.46 bits per heavy atom. The molecule has 0 aromatic heterocycles. The Morgan fingerprint density at radius 3 is 2.85 bits per heavy atom. The van der Waals surface area contributed by atoms with Crippen LogP contribution in [0.1, 0.15) is 6.92 Å². The number of rotatable bonds is 3. The summed E-state index contributed by atoms with van der Waals surface area (Å²) in [6, 6.07) is 0. The van der Waals surface area contributed by atoms with Gasteiger partial charge in [-0.2, -0.15) is 6.61 Å². The summed E-state index contributed by atoms with van der Waals surface area (Å²) in [7, 11) is 1.74. The van der Waals surface area contributed by atoms with Crippen molar-refractivity contribution >= 4 is 0 Å². The van der Waals surface area contributed by atoms with E-state index in [1.165, 1.54) is 0 Å². The second-order valence-corrected chi connectivity index (χ2v) is 3.38. The fraction of sp³-hybridized carbons (Fsp3) is 0.875. The molecular formula is C8H14NO3U-. The van der Waals surface area contributed by atoms with Crippen molar-refractivity contribution < 1.29 is 45.4 Å². The number of nitrogens with one attached hydrogen (secondary N) is 1. The maximum Gasteiger partial charge on any atom is 0.0969 e. The Labute approximate surface area is 102 Å². The molecule has 2 saturated heterocycles. The monoisotopic (exact) mass is 410 g/mol. The van der Waals surface area contributed by atoms with Gasteiger partial charge in [0.15, 0.2) is 0 Å². The molecule has 0 aromatic carbocycles. The van der Waals surface area contributed by atoms with Gasteiger partial charge in [-0.05, 0) is 12.0 Å². The maximum absolute atomic E-state index is 5.54. The van der Waals surface area contributed by atoms with Gasteiger partial charge in [-0.25, -0.2) is 5.48 Å².